The van der Waals surface area contributed by atoms with Crippen molar-refractivity contribution in [3.05, 3.63) is 51.5 Å². The summed E-state index contributed by atoms with van der Waals surface area (Å²) < 4.78 is 11.9. The van der Waals surface area contributed by atoms with E-state index < -0.39 is 0 Å². The molecule has 0 aliphatic heterocycles. The minimum Gasteiger partial charge on any atom is -0.490 e. The van der Waals surface area contributed by atoms with E-state index in [0.717, 1.165) is 15.7 Å². The lowest BCUT2D eigenvalue weighted by molar-refractivity contribution is 0.299. The van der Waals surface area contributed by atoms with E-state index in [1.165, 1.54) is 0 Å². The van der Waals surface area contributed by atoms with Crippen LogP contribution in [0.4, 0.5) is 5.69 Å². The zero-order valence-electron chi connectivity index (χ0n) is 12.9. The molecule has 0 saturated heterocycles. The van der Waals surface area contributed by atoms with Gasteiger partial charge in [0.1, 0.15) is 6.07 Å². The number of nitriles is 1. The Morgan fingerprint density at radius 2 is 2.04 bits per heavy atom. The number of halogens is 2. The standard InChI is InChI=1S/C17H15BrClN3O2/c1-2-23-16-10-12(9-15(19)17(16)24-8-7-20)11-21-22-14-5-3-13(18)4-6-14/h3-6,9-11,22H,2,8H2,1H3. The second-order valence-corrected chi connectivity index (χ2v) is 5.91. The molecule has 0 atom stereocenters. The Morgan fingerprint density at radius 3 is 2.71 bits per heavy atom. The smallest absolute Gasteiger partial charge is 0.181 e. The van der Waals surface area contributed by atoms with Gasteiger partial charge in [-0.2, -0.15) is 10.4 Å². The largest absolute Gasteiger partial charge is 0.490 e. The second kappa shape index (κ2) is 9.16. The van der Waals surface area contributed by atoms with E-state index >= 15 is 0 Å². The highest BCUT2D eigenvalue weighted by atomic mass is 79.9. The fourth-order valence-electron chi connectivity index (χ4n) is 1.88. The number of hydrogen-bond acceptors (Lipinski definition) is 5. The first-order valence-corrected chi connectivity index (χ1v) is 8.32. The van der Waals surface area contributed by atoms with Gasteiger partial charge < -0.3 is 9.47 Å². The predicted molar refractivity (Wildman–Crippen MR) is 99.1 cm³/mol. The van der Waals surface area contributed by atoms with Crippen LogP contribution < -0.4 is 14.9 Å². The Balaban J connectivity index is 2.16. The summed E-state index contributed by atoms with van der Waals surface area (Å²) in [5.74, 6) is 0.837. The van der Waals surface area contributed by atoms with Crippen LogP contribution in [0.5, 0.6) is 11.5 Å². The molecule has 0 aliphatic rings. The first-order chi connectivity index (χ1) is 11.6. The van der Waals surface area contributed by atoms with Crippen molar-refractivity contribution in [1.29, 1.82) is 5.26 Å². The molecule has 0 aliphatic carbocycles. The van der Waals surface area contributed by atoms with Crippen molar-refractivity contribution in [2.45, 2.75) is 6.92 Å². The van der Waals surface area contributed by atoms with Gasteiger partial charge in [0.15, 0.2) is 18.1 Å². The molecule has 0 heterocycles. The zero-order valence-corrected chi connectivity index (χ0v) is 15.3. The van der Waals surface area contributed by atoms with Crippen molar-refractivity contribution >= 4 is 39.4 Å². The van der Waals surface area contributed by atoms with Crippen molar-refractivity contribution < 1.29 is 9.47 Å². The van der Waals surface area contributed by atoms with Crippen molar-refractivity contribution in [2.75, 3.05) is 18.6 Å². The van der Waals surface area contributed by atoms with E-state index in [9.17, 15) is 0 Å². The molecule has 7 heteroatoms. The molecular formula is C17H15BrClN3O2. The van der Waals surface area contributed by atoms with Crippen molar-refractivity contribution in [2.24, 2.45) is 5.10 Å². The Hall–Kier alpha value is -2.23. The summed E-state index contributed by atoms with van der Waals surface area (Å²) in [5.41, 5.74) is 4.54. The van der Waals surface area contributed by atoms with Gasteiger partial charge in [-0.05, 0) is 48.9 Å². The van der Waals surface area contributed by atoms with E-state index in [1.807, 2.05) is 37.3 Å². The quantitative estimate of drug-likeness (QED) is 0.525. The molecule has 0 unspecified atom stereocenters. The third-order valence-electron chi connectivity index (χ3n) is 2.86. The summed E-state index contributed by atoms with van der Waals surface area (Å²) in [7, 11) is 0. The van der Waals surface area contributed by atoms with Gasteiger partial charge in [-0.15, -0.1) is 0 Å². The summed E-state index contributed by atoms with van der Waals surface area (Å²) >= 11 is 9.60. The number of hydrogen-bond donors (Lipinski definition) is 1. The van der Waals surface area contributed by atoms with Crippen LogP contribution in [-0.2, 0) is 0 Å². The minimum absolute atomic E-state index is 0.0989. The molecule has 124 valence electrons. The molecule has 1 N–H and O–H groups in total. The van der Waals surface area contributed by atoms with E-state index in [-0.39, 0.29) is 6.61 Å². The number of anilines is 1. The van der Waals surface area contributed by atoms with Gasteiger partial charge in [-0.1, -0.05) is 27.5 Å². The zero-order chi connectivity index (χ0) is 17.4. The maximum Gasteiger partial charge on any atom is 0.181 e. The van der Waals surface area contributed by atoms with Crippen LogP contribution in [0, 0.1) is 11.3 Å². The lowest BCUT2D eigenvalue weighted by Gasteiger charge is -2.12. The Labute approximate surface area is 154 Å². The highest BCUT2D eigenvalue weighted by molar-refractivity contribution is 9.10. The first kappa shape index (κ1) is 18.1. The summed E-state index contributed by atoms with van der Waals surface area (Å²) in [4.78, 5) is 0. The van der Waals surface area contributed by atoms with Gasteiger partial charge in [-0.3, -0.25) is 5.43 Å². The molecule has 5 nitrogen and oxygen atoms in total. The van der Waals surface area contributed by atoms with E-state index in [4.69, 9.17) is 26.3 Å². The van der Waals surface area contributed by atoms with Crippen LogP contribution in [-0.4, -0.2) is 19.4 Å². The average molecular weight is 409 g/mol. The molecule has 24 heavy (non-hydrogen) atoms. The molecule has 0 saturated carbocycles. The van der Waals surface area contributed by atoms with Crippen molar-refractivity contribution in [3.63, 3.8) is 0 Å². The molecule has 2 rings (SSSR count). The van der Waals surface area contributed by atoms with Crippen molar-refractivity contribution in [1.82, 2.24) is 0 Å². The molecule has 2 aromatic carbocycles. The van der Waals surface area contributed by atoms with Crippen LogP contribution in [0.25, 0.3) is 0 Å². The van der Waals surface area contributed by atoms with Gasteiger partial charge >= 0.3 is 0 Å². The summed E-state index contributed by atoms with van der Waals surface area (Å²) in [6.45, 7) is 2.22. The van der Waals surface area contributed by atoms with Gasteiger partial charge in [0.05, 0.1) is 23.5 Å². The van der Waals surface area contributed by atoms with Crippen LogP contribution in [0.3, 0.4) is 0 Å². The van der Waals surface area contributed by atoms with Gasteiger partial charge in [0.2, 0.25) is 0 Å². The Kier molecular flexibility index (Phi) is 6.91. The van der Waals surface area contributed by atoms with Crippen LogP contribution >= 0.6 is 27.5 Å². The fraction of sp³-hybridized carbons (Fsp3) is 0.176. The highest BCUT2D eigenvalue weighted by Gasteiger charge is 2.12. The third-order valence-corrected chi connectivity index (χ3v) is 3.67. The number of nitrogens with zero attached hydrogens (tertiary/aromatic N) is 2. The average Bonchev–Trinajstić information content (AvgIpc) is 2.56. The predicted octanol–water partition coefficient (Wildman–Crippen LogP) is 4.85. The third kappa shape index (κ3) is 5.15. The molecule has 0 spiro atoms. The monoisotopic (exact) mass is 407 g/mol. The lowest BCUT2D eigenvalue weighted by Crippen LogP contribution is -2.01. The normalized spacial score (nSPS) is 10.4. The first-order valence-electron chi connectivity index (χ1n) is 7.14. The lowest BCUT2D eigenvalue weighted by atomic mass is 10.2. The van der Waals surface area contributed by atoms with Gasteiger partial charge in [-0.25, -0.2) is 0 Å². The van der Waals surface area contributed by atoms with Crippen molar-refractivity contribution in [3.8, 4) is 17.6 Å². The topological polar surface area (TPSA) is 66.6 Å². The number of rotatable bonds is 7. The van der Waals surface area contributed by atoms with Crippen LogP contribution in [0.1, 0.15) is 12.5 Å². The maximum absolute atomic E-state index is 8.64. The van der Waals surface area contributed by atoms with E-state index in [2.05, 4.69) is 26.5 Å². The number of hydrazone groups is 1. The molecular weight excluding hydrogens is 394 g/mol. The number of benzene rings is 2. The summed E-state index contributed by atoms with van der Waals surface area (Å²) in [6, 6.07) is 13.0. The minimum atomic E-state index is -0.0989. The molecule has 0 radical (unpaired) electrons. The number of ether oxygens (including phenoxy) is 2. The summed E-state index contributed by atoms with van der Waals surface area (Å²) in [5, 5.41) is 13.2. The Bertz CT molecular complexity index is 758. The molecule has 0 aromatic heterocycles. The molecule has 0 fully saturated rings. The van der Waals surface area contributed by atoms with Gasteiger partial charge in [0, 0.05) is 4.47 Å². The molecule has 0 bridgehead atoms. The SMILES string of the molecule is CCOc1cc(C=NNc2ccc(Br)cc2)cc(Cl)c1OCC#N. The van der Waals surface area contributed by atoms with Gasteiger partial charge in [0.25, 0.3) is 0 Å². The second-order valence-electron chi connectivity index (χ2n) is 4.59. The molecule has 2 aromatic rings. The molecule has 0 amide bonds. The fourth-order valence-corrected chi connectivity index (χ4v) is 2.41. The van der Waals surface area contributed by atoms with E-state index in [1.54, 1.807) is 18.3 Å². The Morgan fingerprint density at radius 1 is 1.29 bits per heavy atom. The summed E-state index contributed by atoms with van der Waals surface area (Å²) in [6.07, 6.45) is 1.63. The number of nitrogens with one attached hydrogen (secondary N) is 1. The van der Waals surface area contributed by atoms with Crippen LogP contribution in [0.15, 0.2) is 46.0 Å². The van der Waals surface area contributed by atoms with E-state index in [0.29, 0.717) is 23.1 Å². The van der Waals surface area contributed by atoms with Crippen LogP contribution in [0.2, 0.25) is 5.02 Å². The highest BCUT2D eigenvalue weighted by Crippen LogP contribution is 2.36. The maximum atomic E-state index is 8.64.